The molecule has 0 fully saturated rings. The molecule has 2 aromatic rings. The first-order valence-electron chi connectivity index (χ1n) is 4.99. The van der Waals surface area contributed by atoms with Gasteiger partial charge in [-0.05, 0) is 34.5 Å². The third-order valence-corrected chi connectivity index (χ3v) is 3.87. The summed E-state index contributed by atoms with van der Waals surface area (Å²) in [5.41, 5.74) is 0. The molecule has 0 unspecified atom stereocenters. The van der Waals surface area contributed by atoms with E-state index in [9.17, 15) is 4.79 Å². The summed E-state index contributed by atoms with van der Waals surface area (Å²) in [6.45, 7) is 2.39. The van der Waals surface area contributed by atoms with E-state index in [1.807, 2.05) is 12.1 Å². The van der Waals surface area contributed by atoms with E-state index in [2.05, 4.69) is 28.0 Å². The average Bonchev–Trinajstić information content (AvgIpc) is 2.87. The van der Waals surface area contributed by atoms with Crippen LogP contribution in [0, 0.1) is 0 Å². The Balaban J connectivity index is 2.08. The summed E-state index contributed by atoms with van der Waals surface area (Å²) in [7, 11) is 0. The van der Waals surface area contributed by atoms with Crippen molar-refractivity contribution in [2.75, 3.05) is 0 Å². The minimum atomic E-state index is 0.111. The smallest absolute Gasteiger partial charge is 0.194 e. The molecule has 0 saturated carbocycles. The molecular weight excluding hydrogens is 288 g/mol. The Morgan fingerprint density at radius 2 is 2.38 bits per heavy atom. The third kappa shape index (κ3) is 2.59. The van der Waals surface area contributed by atoms with Crippen molar-refractivity contribution in [1.82, 2.24) is 9.78 Å². The zero-order valence-corrected chi connectivity index (χ0v) is 11.2. The quantitative estimate of drug-likeness (QED) is 0.813. The molecule has 2 rings (SSSR count). The molecule has 0 atom stereocenters. The summed E-state index contributed by atoms with van der Waals surface area (Å²) in [4.78, 5) is 13.9. The summed E-state index contributed by atoms with van der Waals surface area (Å²) in [5.74, 6) is 0.111. The Hall–Kier alpha value is -0.940. The molecule has 5 heteroatoms. The van der Waals surface area contributed by atoms with E-state index in [1.54, 1.807) is 28.4 Å². The number of rotatable bonds is 4. The van der Waals surface area contributed by atoms with Gasteiger partial charge < -0.3 is 0 Å². The number of Topliss-reactive ketones (excluding diaryl/α,β-unsaturated/α-hetero) is 1. The number of hydrogen-bond donors (Lipinski definition) is 0. The topological polar surface area (TPSA) is 34.9 Å². The second kappa shape index (κ2) is 4.93. The van der Waals surface area contributed by atoms with Crippen LogP contribution in [0.2, 0.25) is 0 Å². The van der Waals surface area contributed by atoms with Gasteiger partial charge in [0.2, 0.25) is 0 Å². The van der Waals surface area contributed by atoms with Gasteiger partial charge in [-0.3, -0.25) is 9.48 Å². The van der Waals surface area contributed by atoms with E-state index in [1.165, 1.54) is 4.88 Å². The highest BCUT2D eigenvalue weighted by Crippen LogP contribution is 2.18. The van der Waals surface area contributed by atoms with Gasteiger partial charge in [0.15, 0.2) is 5.78 Å². The number of hydrogen-bond acceptors (Lipinski definition) is 3. The number of aryl methyl sites for hydroxylation is 1. The summed E-state index contributed by atoms with van der Waals surface area (Å²) in [6, 6.07) is 3.90. The van der Waals surface area contributed by atoms with Gasteiger partial charge in [-0.15, -0.1) is 11.3 Å². The van der Waals surface area contributed by atoms with E-state index in [-0.39, 0.29) is 5.78 Å². The van der Waals surface area contributed by atoms with Gasteiger partial charge in [0, 0.05) is 11.1 Å². The highest BCUT2D eigenvalue weighted by Gasteiger charge is 2.10. The van der Waals surface area contributed by atoms with Gasteiger partial charge in [-0.2, -0.15) is 5.10 Å². The van der Waals surface area contributed by atoms with Gasteiger partial charge in [0.1, 0.15) is 6.54 Å². The van der Waals surface area contributed by atoms with Crippen molar-refractivity contribution >= 4 is 33.0 Å². The van der Waals surface area contributed by atoms with Gasteiger partial charge >= 0.3 is 0 Å². The van der Waals surface area contributed by atoms with Crippen LogP contribution in [-0.2, 0) is 13.0 Å². The molecule has 2 heterocycles. The molecule has 0 saturated heterocycles. The molecule has 0 amide bonds. The SMILES string of the molecule is CCc1ccc(C(=O)Cn2cc(Br)cn2)s1. The second-order valence-corrected chi connectivity index (χ2v) is 5.48. The first-order valence-corrected chi connectivity index (χ1v) is 6.60. The molecule has 16 heavy (non-hydrogen) atoms. The Morgan fingerprint density at radius 3 is 2.94 bits per heavy atom. The van der Waals surface area contributed by atoms with Crippen LogP contribution in [0.5, 0.6) is 0 Å². The number of nitrogens with zero attached hydrogens (tertiary/aromatic N) is 2. The number of thiophene rings is 1. The maximum atomic E-state index is 11.9. The van der Waals surface area contributed by atoms with Crippen LogP contribution in [0.25, 0.3) is 0 Å². The van der Waals surface area contributed by atoms with Gasteiger partial charge in [0.25, 0.3) is 0 Å². The third-order valence-electron chi connectivity index (χ3n) is 2.19. The van der Waals surface area contributed by atoms with Crippen molar-refractivity contribution < 1.29 is 4.79 Å². The molecule has 0 bridgehead atoms. The van der Waals surface area contributed by atoms with E-state index in [4.69, 9.17) is 0 Å². The fourth-order valence-corrected chi connectivity index (χ4v) is 2.57. The van der Waals surface area contributed by atoms with E-state index >= 15 is 0 Å². The Morgan fingerprint density at radius 1 is 1.56 bits per heavy atom. The van der Waals surface area contributed by atoms with Gasteiger partial charge in [-0.25, -0.2) is 0 Å². The van der Waals surface area contributed by atoms with E-state index < -0.39 is 0 Å². The average molecular weight is 299 g/mol. The van der Waals surface area contributed by atoms with E-state index in [0.29, 0.717) is 6.54 Å². The number of ketones is 1. The normalized spacial score (nSPS) is 10.6. The van der Waals surface area contributed by atoms with Crippen molar-refractivity contribution in [1.29, 1.82) is 0 Å². The van der Waals surface area contributed by atoms with Crippen molar-refractivity contribution in [2.45, 2.75) is 19.9 Å². The molecule has 0 spiro atoms. The van der Waals surface area contributed by atoms with E-state index in [0.717, 1.165) is 15.8 Å². The lowest BCUT2D eigenvalue weighted by Gasteiger charge is -1.97. The van der Waals surface area contributed by atoms with Crippen molar-refractivity contribution in [2.24, 2.45) is 0 Å². The van der Waals surface area contributed by atoms with Gasteiger partial charge in [-0.1, -0.05) is 6.92 Å². The van der Waals surface area contributed by atoms with Gasteiger partial charge in [0.05, 0.1) is 15.5 Å². The molecule has 0 N–H and O–H groups in total. The minimum absolute atomic E-state index is 0.111. The van der Waals surface area contributed by atoms with Crippen LogP contribution in [0.4, 0.5) is 0 Å². The molecule has 0 aliphatic carbocycles. The number of aromatic nitrogens is 2. The van der Waals surface area contributed by atoms with Crippen LogP contribution < -0.4 is 0 Å². The van der Waals surface area contributed by atoms with Crippen LogP contribution in [0.1, 0.15) is 21.5 Å². The maximum Gasteiger partial charge on any atom is 0.194 e. The first kappa shape index (κ1) is 11.5. The summed E-state index contributed by atoms with van der Waals surface area (Å²) < 4.78 is 2.53. The molecule has 2 aromatic heterocycles. The summed E-state index contributed by atoms with van der Waals surface area (Å²) in [5, 5.41) is 4.06. The van der Waals surface area contributed by atoms with Crippen LogP contribution in [0.15, 0.2) is 29.0 Å². The lowest BCUT2D eigenvalue weighted by Crippen LogP contribution is -2.09. The van der Waals surface area contributed by atoms with Crippen LogP contribution in [-0.4, -0.2) is 15.6 Å². The fourth-order valence-electron chi connectivity index (χ4n) is 1.37. The lowest BCUT2D eigenvalue weighted by molar-refractivity contribution is 0.0971. The maximum absolute atomic E-state index is 11.9. The van der Waals surface area contributed by atoms with Crippen molar-refractivity contribution in [3.8, 4) is 0 Å². The predicted molar refractivity (Wildman–Crippen MR) is 68.0 cm³/mol. The molecule has 84 valence electrons. The fraction of sp³-hybridized carbons (Fsp3) is 0.273. The van der Waals surface area contributed by atoms with Crippen molar-refractivity contribution in [3.05, 3.63) is 38.8 Å². The second-order valence-electron chi connectivity index (χ2n) is 3.40. The molecule has 3 nitrogen and oxygen atoms in total. The highest BCUT2D eigenvalue weighted by molar-refractivity contribution is 9.10. The first-order chi connectivity index (χ1) is 7.69. The molecular formula is C11H11BrN2OS. The molecule has 0 radical (unpaired) electrons. The molecule has 0 aromatic carbocycles. The standard InChI is InChI=1S/C11H11BrN2OS/c1-2-9-3-4-11(16-9)10(15)7-14-6-8(12)5-13-14/h3-6H,2,7H2,1H3. The number of carbonyl (C=O) groups excluding carboxylic acids is 1. The lowest BCUT2D eigenvalue weighted by atomic mass is 10.3. The Bertz CT molecular complexity index is 504. The summed E-state index contributed by atoms with van der Waals surface area (Å²) >= 11 is 4.87. The largest absolute Gasteiger partial charge is 0.291 e. The van der Waals surface area contributed by atoms with Crippen LogP contribution >= 0.6 is 27.3 Å². The predicted octanol–water partition coefficient (Wildman–Crippen LogP) is 3.15. The van der Waals surface area contributed by atoms with Crippen LogP contribution in [0.3, 0.4) is 0 Å². The molecule has 0 aliphatic heterocycles. The molecule has 0 aliphatic rings. The summed E-state index contributed by atoms with van der Waals surface area (Å²) in [6.07, 6.45) is 4.46. The monoisotopic (exact) mass is 298 g/mol. The zero-order valence-electron chi connectivity index (χ0n) is 8.81. The Kier molecular flexibility index (Phi) is 3.56. The number of halogens is 1. The Labute approximate surface area is 106 Å². The number of carbonyl (C=O) groups is 1. The minimum Gasteiger partial charge on any atom is -0.291 e. The highest BCUT2D eigenvalue weighted by atomic mass is 79.9. The van der Waals surface area contributed by atoms with Crippen molar-refractivity contribution in [3.63, 3.8) is 0 Å². The zero-order chi connectivity index (χ0) is 11.5.